The topological polar surface area (TPSA) is 56.0 Å². The lowest BCUT2D eigenvalue weighted by Gasteiger charge is -2.18. The zero-order valence-electron chi connectivity index (χ0n) is 14.2. The molecule has 0 radical (unpaired) electrons. The van der Waals surface area contributed by atoms with Crippen LogP contribution < -0.4 is 5.73 Å². The van der Waals surface area contributed by atoms with Gasteiger partial charge in [-0.3, -0.25) is 9.78 Å². The van der Waals surface area contributed by atoms with Crippen LogP contribution >= 0.6 is 11.6 Å². The van der Waals surface area contributed by atoms with Gasteiger partial charge in [-0.1, -0.05) is 36.7 Å². The number of aromatic nitrogens is 1. The van der Waals surface area contributed by atoms with E-state index in [9.17, 15) is 4.79 Å². The van der Waals surface area contributed by atoms with Gasteiger partial charge in [-0.2, -0.15) is 0 Å². The molecule has 0 fully saturated rings. The summed E-state index contributed by atoms with van der Waals surface area (Å²) in [5.41, 5.74) is 11.3. The molecule has 1 amide bonds. The highest BCUT2D eigenvalue weighted by Crippen LogP contribution is 2.32. The molecule has 3 nitrogen and oxygen atoms in total. The van der Waals surface area contributed by atoms with Gasteiger partial charge in [-0.25, -0.2) is 0 Å². The third-order valence-electron chi connectivity index (χ3n) is 4.48. The summed E-state index contributed by atoms with van der Waals surface area (Å²) in [6.07, 6.45) is 3.60. The molecular weight excluding hydrogens is 332 g/mol. The second-order valence-electron chi connectivity index (χ2n) is 6.13. The molecule has 1 heterocycles. The molecule has 0 saturated heterocycles. The van der Waals surface area contributed by atoms with E-state index in [1.807, 2.05) is 55.6 Å². The van der Waals surface area contributed by atoms with Gasteiger partial charge < -0.3 is 5.73 Å². The highest BCUT2D eigenvalue weighted by molar-refractivity contribution is 6.30. The third-order valence-corrected chi connectivity index (χ3v) is 4.74. The largest absolute Gasteiger partial charge is 0.366 e. The Kier molecular flexibility index (Phi) is 4.86. The van der Waals surface area contributed by atoms with E-state index in [1.165, 1.54) is 0 Å². The van der Waals surface area contributed by atoms with E-state index in [2.05, 4.69) is 11.9 Å². The minimum absolute atomic E-state index is 0.0156. The summed E-state index contributed by atoms with van der Waals surface area (Å²) in [6, 6.07) is 15.4. The molecule has 4 heteroatoms. The maximum Gasteiger partial charge on any atom is 0.248 e. The normalized spacial score (nSPS) is 12.0. The molecule has 0 bridgehead atoms. The number of benzene rings is 2. The number of halogens is 1. The fraction of sp³-hybridized carbons (Fsp3) is 0.143. The molecule has 0 saturated carbocycles. The fourth-order valence-corrected chi connectivity index (χ4v) is 3.17. The Morgan fingerprint density at radius 3 is 2.48 bits per heavy atom. The fourth-order valence-electron chi connectivity index (χ4n) is 3.04. The number of carbonyl (C=O) groups excluding carboxylic acids is 1. The van der Waals surface area contributed by atoms with E-state index in [0.717, 1.165) is 27.8 Å². The molecule has 0 aliphatic rings. The van der Waals surface area contributed by atoms with Crippen LogP contribution in [-0.2, 0) is 0 Å². The number of hydrogen-bond acceptors (Lipinski definition) is 2. The molecule has 3 aromatic rings. The molecule has 1 aromatic heterocycles. The molecule has 1 atom stereocenters. The molecule has 126 valence electrons. The van der Waals surface area contributed by atoms with Crippen molar-refractivity contribution in [3.05, 3.63) is 88.2 Å². The number of pyridine rings is 1. The van der Waals surface area contributed by atoms with Crippen molar-refractivity contribution in [3.8, 4) is 11.1 Å². The van der Waals surface area contributed by atoms with Gasteiger partial charge in [-0.15, -0.1) is 0 Å². The second kappa shape index (κ2) is 7.08. The van der Waals surface area contributed by atoms with Crippen molar-refractivity contribution in [1.82, 2.24) is 4.98 Å². The van der Waals surface area contributed by atoms with Crippen molar-refractivity contribution in [2.45, 2.75) is 19.8 Å². The molecule has 0 aliphatic carbocycles. The molecule has 25 heavy (non-hydrogen) atoms. The first-order chi connectivity index (χ1) is 12.0. The minimum atomic E-state index is -0.422. The summed E-state index contributed by atoms with van der Waals surface area (Å²) < 4.78 is 0. The van der Waals surface area contributed by atoms with Crippen LogP contribution in [0.15, 0.2) is 60.9 Å². The number of primary amides is 1. The average Bonchev–Trinajstić information content (AvgIpc) is 2.61. The van der Waals surface area contributed by atoms with Gasteiger partial charge in [0.2, 0.25) is 5.91 Å². The molecule has 1 unspecified atom stereocenters. The van der Waals surface area contributed by atoms with Crippen LogP contribution in [0.1, 0.15) is 39.9 Å². The van der Waals surface area contributed by atoms with Gasteiger partial charge in [-0.05, 0) is 65.1 Å². The first-order valence-electron chi connectivity index (χ1n) is 8.07. The van der Waals surface area contributed by atoms with Crippen LogP contribution in [0.2, 0.25) is 5.02 Å². The lowest BCUT2D eigenvalue weighted by atomic mass is 9.87. The molecule has 2 N–H and O–H groups in total. The Morgan fingerprint density at radius 1 is 1.12 bits per heavy atom. The molecule has 3 rings (SSSR count). The average molecular weight is 351 g/mol. The Morgan fingerprint density at radius 2 is 1.84 bits per heavy atom. The number of nitrogens with zero attached hydrogens (tertiary/aromatic N) is 1. The second-order valence-corrected chi connectivity index (χ2v) is 6.57. The standard InChI is InChI=1S/C21H19ClN2O/c1-13-12-24-10-9-18(13)16-5-8-19(21(23)25)20(11-16)14(2)15-3-6-17(22)7-4-15/h3-12,14H,1-2H3,(H2,23,25). The van der Waals surface area contributed by atoms with Crippen molar-refractivity contribution in [1.29, 1.82) is 0 Å². The van der Waals surface area contributed by atoms with E-state index < -0.39 is 5.91 Å². The van der Waals surface area contributed by atoms with Crippen LogP contribution in [0.25, 0.3) is 11.1 Å². The number of amides is 1. The Hall–Kier alpha value is -2.65. The number of carbonyl (C=O) groups is 1. The van der Waals surface area contributed by atoms with Crippen molar-refractivity contribution in [2.24, 2.45) is 5.73 Å². The summed E-state index contributed by atoms with van der Waals surface area (Å²) in [6.45, 7) is 4.08. The van der Waals surface area contributed by atoms with E-state index in [-0.39, 0.29) is 5.92 Å². The smallest absolute Gasteiger partial charge is 0.248 e. The van der Waals surface area contributed by atoms with E-state index in [0.29, 0.717) is 10.6 Å². The van der Waals surface area contributed by atoms with Crippen LogP contribution in [0.3, 0.4) is 0 Å². The van der Waals surface area contributed by atoms with Crippen LogP contribution in [0.4, 0.5) is 0 Å². The van der Waals surface area contributed by atoms with Crippen LogP contribution in [0.5, 0.6) is 0 Å². The molecule has 2 aromatic carbocycles. The van der Waals surface area contributed by atoms with E-state index >= 15 is 0 Å². The lowest BCUT2D eigenvalue weighted by molar-refractivity contribution is 0.0999. The van der Waals surface area contributed by atoms with Gasteiger partial charge in [0.15, 0.2) is 0 Å². The maximum absolute atomic E-state index is 11.9. The van der Waals surface area contributed by atoms with Crippen molar-refractivity contribution < 1.29 is 4.79 Å². The molecule has 0 spiro atoms. The predicted octanol–water partition coefficient (Wildman–Crippen LogP) is 4.96. The number of rotatable bonds is 4. The molecular formula is C21H19ClN2O. The SMILES string of the molecule is Cc1cnccc1-c1ccc(C(N)=O)c(C(C)c2ccc(Cl)cc2)c1. The van der Waals surface area contributed by atoms with Gasteiger partial charge in [0.05, 0.1) is 0 Å². The summed E-state index contributed by atoms with van der Waals surface area (Å²) in [5, 5.41) is 0.687. The van der Waals surface area contributed by atoms with Gasteiger partial charge >= 0.3 is 0 Å². The van der Waals surface area contributed by atoms with Gasteiger partial charge in [0.25, 0.3) is 0 Å². The first kappa shape index (κ1) is 17.2. The van der Waals surface area contributed by atoms with E-state index in [4.69, 9.17) is 17.3 Å². The summed E-state index contributed by atoms with van der Waals surface area (Å²) >= 11 is 5.99. The Labute approximate surface area is 152 Å². The first-order valence-corrected chi connectivity index (χ1v) is 8.45. The number of nitrogens with two attached hydrogens (primary N) is 1. The van der Waals surface area contributed by atoms with E-state index in [1.54, 1.807) is 12.3 Å². The summed E-state index contributed by atoms with van der Waals surface area (Å²) in [5.74, 6) is -0.407. The minimum Gasteiger partial charge on any atom is -0.366 e. The van der Waals surface area contributed by atoms with Crippen molar-refractivity contribution >= 4 is 17.5 Å². The summed E-state index contributed by atoms with van der Waals surface area (Å²) in [7, 11) is 0. The predicted molar refractivity (Wildman–Crippen MR) is 102 cm³/mol. The van der Waals surface area contributed by atoms with Crippen molar-refractivity contribution in [3.63, 3.8) is 0 Å². The molecule has 0 aliphatic heterocycles. The van der Waals surface area contributed by atoms with Crippen LogP contribution in [0, 0.1) is 6.92 Å². The third kappa shape index (κ3) is 3.57. The van der Waals surface area contributed by atoms with Gasteiger partial charge in [0, 0.05) is 28.9 Å². The lowest BCUT2D eigenvalue weighted by Crippen LogP contribution is -2.15. The number of aryl methyl sites for hydroxylation is 1. The quantitative estimate of drug-likeness (QED) is 0.722. The Balaban J connectivity index is 2.12. The zero-order chi connectivity index (χ0) is 18.0. The summed E-state index contributed by atoms with van der Waals surface area (Å²) in [4.78, 5) is 16.1. The highest BCUT2D eigenvalue weighted by Gasteiger charge is 2.17. The van der Waals surface area contributed by atoms with Crippen LogP contribution in [-0.4, -0.2) is 10.9 Å². The van der Waals surface area contributed by atoms with Crippen molar-refractivity contribution in [2.75, 3.05) is 0 Å². The monoisotopic (exact) mass is 350 g/mol. The Bertz CT molecular complexity index is 919. The maximum atomic E-state index is 11.9. The highest BCUT2D eigenvalue weighted by atomic mass is 35.5. The van der Waals surface area contributed by atoms with Gasteiger partial charge in [0.1, 0.15) is 0 Å². The zero-order valence-corrected chi connectivity index (χ0v) is 14.9. The number of hydrogen-bond donors (Lipinski definition) is 1.